The third-order valence-electron chi connectivity index (χ3n) is 6.88. The van der Waals surface area contributed by atoms with E-state index in [1.807, 2.05) is 35.2 Å². The summed E-state index contributed by atoms with van der Waals surface area (Å²) in [5.41, 5.74) is 2.39. The van der Waals surface area contributed by atoms with Crippen LogP contribution in [-0.4, -0.2) is 43.5 Å². The average Bonchev–Trinajstić information content (AvgIpc) is 3.35. The van der Waals surface area contributed by atoms with Gasteiger partial charge in [0.2, 0.25) is 0 Å². The van der Waals surface area contributed by atoms with Crippen molar-refractivity contribution in [3.05, 3.63) is 62.5 Å². The van der Waals surface area contributed by atoms with E-state index in [0.29, 0.717) is 23.7 Å². The predicted octanol–water partition coefficient (Wildman–Crippen LogP) is 6.62. The van der Waals surface area contributed by atoms with Crippen LogP contribution < -0.4 is 10.6 Å². The molecule has 0 atom stereocenters. The number of hydrogen-bond acceptors (Lipinski definition) is 5. The minimum atomic E-state index is -0.330. The summed E-state index contributed by atoms with van der Waals surface area (Å²) in [5, 5.41) is 18.9. The van der Waals surface area contributed by atoms with Gasteiger partial charge in [-0.25, -0.2) is 4.79 Å². The van der Waals surface area contributed by atoms with Crippen molar-refractivity contribution in [3.63, 3.8) is 0 Å². The quantitative estimate of drug-likeness (QED) is 0.283. The molecule has 1 heterocycles. The summed E-state index contributed by atoms with van der Waals surface area (Å²) in [4.78, 5) is 28.0. The van der Waals surface area contributed by atoms with Crippen LogP contribution in [0.1, 0.15) is 62.4 Å². The molecule has 0 bridgehead atoms. The zero-order valence-electron chi connectivity index (χ0n) is 21.1. The van der Waals surface area contributed by atoms with Crippen LogP contribution in [0.25, 0.3) is 0 Å². The van der Waals surface area contributed by atoms with E-state index >= 15 is 0 Å². The van der Waals surface area contributed by atoms with Crippen molar-refractivity contribution in [2.45, 2.75) is 59.0 Å². The molecule has 0 aliphatic heterocycles. The Morgan fingerprint density at radius 2 is 1.65 bits per heavy atom. The Balaban J connectivity index is 1.49. The average molecular weight is 633 g/mol. The number of H-pyrrole nitrogens is 1. The Labute approximate surface area is 233 Å². The molecule has 0 saturated heterocycles. The maximum atomic E-state index is 13.6. The van der Waals surface area contributed by atoms with Gasteiger partial charge in [0.05, 0.1) is 0 Å². The maximum absolute atomic E-state index is 13.6. The maximum Gasteiger partial charge on any atom is 0.322 e. The summed E-state index contributed by atoms with van der Waals surface area (Å²) < 4.78 is 1.76. The molecule has 4 rings (SSSR count). The first-order chi connectivity index (χ1) is 17.6. The highest BCUT2D eigenvalue weighted by molar-refractivity contribution is 9.11. The van der Waals surface area contributed by atoms with Crippen LogP contribution in [0.15, 0.2) is 51.4 Å². The number of aromatic amines is 1. The number of anilines is 2. The van der Waals surface area contributed by atoms with Crippen LogP contribution in [0.5, 0.6) is 0 Å². The summed E-state index contributed by atoms with van der Waals surface area (Å²) in [6, 6.07) is 12.9. The van der Waals surface area contributed by atoms with Gasteiger partial charge in [0.25, 0.3) is 11.9 Å². The Morgan fingerprint density at radius 3 is 2.22 bits per heavy atom. The van der Waals surface area contributed by atoms with Crippen molar-refractivity contribution in [3.8, 4) is 0 Å². The molecule has 2 aromatic carbocycles. The van der Waals surface area contributed by atoms with Gasteiger partial charge in [-0.2, -0.15) is 5.21 Å². The summed E-state index contributed by atoms with van der Waals surface area (Å²) in [6.45, 7) is 7.33. The molecular formula is C26H31Br2N7O2. The van der Waals surface area contributed by atoms with Gasteiger partial charge in [-0.05, 0) is 78.1 Å². The fourth-order valence-corrected chi connectivity index (χ4v) is 6.08. The summed E-state index contributed by atoms with van der Waals surface area (Å²) >= 11 is 6.98. The molecule has 0 spiro atoms. The Bertz CT molecular complexity index is 1200. The second kappa shape index (κ2) is 11.7. The van der Waals surface area contributed by atoms with Crippen molar-refractivity contribution in [1.82, 2.24) is 25.5 Å². The molecule has 1 fully saturated rings. The van der Waals surface area contributed by atoms with Gasteiger partial charge in [0.1, 0.15) is 0 Å². The number of hydrogen-bond donors (Lipinski definition) is 3. The van der Waals surface area contributed by atoms with E-state index in [4.69, 9.17) is 0 Å². The largest absolute Gasteiger partial charge is 0.322 e. The van der Waals surface area contributed by atoms with E-state index in [2.05, 4.69) is 83.9 Å². The molecule has 0 unspecified atom stereocenters. The second-order valence-corrected chi connectivity index (χ2v) is 12.3. The summed E-state index contributed by atoms with van der Waals surface area (Å²) in [6.07, 6.45) is 4.11. The van der Waals surface area contributed by atoms with Gasteiger partial charge >= 0.3 is 6.03 Å². The van der Waals surface area contributed by atoms with Crippen LogP contribution >= 0.6 is 31.9 Å². The third kappa shape index (κ3) is 7.38. The molecule has 1 aromatic heterocycles. The minimum absolute atomic E-state index is 0.113. The SMILES string of the molecule is CC(C)(C)C1CCC(N(Cc2ccc(C(=O)Nc3nn[nH]n3)cc2)C(=O)Nc2cc(Br)cc(Br)c2)CC1. The van der Waals surface area contributed by atoms with Crippen LogP contribution in [-0.2, 0) is 6.54 Å². The van der Waals surface area contributed by atoms with Crippen molar-refractivity contribution in [2.24, 2.45) is 11.3 Å². The fraction of sp³-hybridized carbons (Fsp3) is 0.423. The minimum Gasteiger partial charge on any atom is -0.317 e. The molecule has 1 aliphatic rings. The number of tetrazole rings is 1. The van der Waals surface area contributed by atoms with E-state index in [9.17, 15) is 9.59 Å². The molecule has 0 radical (unpaired) electrons. The van der Waals surface area contributed by atoms with Crippen molar-refractivity contribution in [2.75, 3.05) is 10.6 Å². The molecule has 1 aliphatic carbocycles. The standard InChI is InChI=1S/C26H31Br2N7O2/c1-26(2,3)18-8-10-22(11-9-18)35(25(37)29-21-13-19(27)12-20(28)14-21)15-16-4-6-17(7-5-16)23(36)30-24-31-33-34-32-24/h4-7,12-14,18,22H,8-11,15H2,1-3H3,(H,29,37)(H2,30,31,32,33,34,36). The van der Waals surface area contributed by atoms with Crippen LogP contribution in [0.2, 0.25) is 0 Å². The second-order valence-electron chi connectivity index (χ2n) is 10.5. The summed E-state index contributed by atoms with van der Waals surface area (Å²) in [5.74, 6) is 0.428. The highest BCUT2D eigenvalue weighted by atomic mass is 79.9. The number of nitrogens with one attached hydrogen (secondary N) is 3. The molecule has 9 nitrogen and oxygen atoms in total. The van der Waals surface area contributed by atoms with E-state index in [1.165, 1.54) is 0 Å². The lowest BCUT2D eigenvalue weighted by Gasteiger charge is -2.41. The van der Waals surface area contributed by atoms with Crippen LogP contribution in [0.3, 0.4) is 0 Å². The zero-order chi connectivity index (χ0) is 26.6. The van der Waals surface area contributed by atoms with E-state index in [0.717, 1.165) is 40.2 Å². The smallest absolute Gasteiger partial charge is 0.317 e. The van der Waals surface area contributed by atoms with E-state index in [1.54, 1.807) is 12.1 Å². The Morgan fingerprint density at radius 1 is 1.00 bits per heavy atom. The fourth-order valence-electron chi connectivity index (χ4n) is 4.79. The van der Waals surface area contributed by atoms with Crippen molar-refractivity contribution < 1.29 is 9.59 Å². The number of carbonyl (C=O) groups excluding carboxylic acids is 2. The van der Waals surface area contributed by atoms with Crippen LogP contribution in [0.4, 0.5) is 16.4 Å². The Hall–Kier alpha value is -2.79. The van der Waals surface area contributed by atoms with Gasteiger partial charge < -0.3 is 10.2 Å². The van der Waals surface area contributed by atoms with Gasteiger partial charge in [0, 0.05) is 32.8 Å². The van der Waals surface area contributed by atoms with Gasteiger partial charge in [-0.15, -0.1) is 5.10 Å². The first-order valence-electron chi connectivity index (χ1n) is 12.3. The zero-order valence-corrected chi connectivity index (χ0v) is 24.3. The highest BCUT2D eigenvalue weighted by Gasteiger charge is 2.33. The van der Waals surface area contributed by atoms with Gasteiger partial charge in [0.15, 0.2) is 0 Å². The topological polar surface area (TPSA) is 116 Å². The lowest BCUT2D eigenvalue weighted by Crippen LogP contribution is -2.45. The number of urea groups is 1. The summed E-state index contributed by atoms with van der Waals surface area (Å²) in [7, 11) is 0. The molecule has 3 N–H and O–H groups in total. The molecular weight excluding hydrogens is 602 g/mol. The van der Waals surface area contributed by atoms with Gasteiger partial charge in [-0.1, -0.05) is 69.9 Å². The number of benzene rings is 2. The highest BCUT2D eigenvalue weighted by Crippen LogP contribution is 2.39. The van der Waals surface area contributed by atoms with Gasteiger partial charge in [-0.3, -0.25) is 10.1 Å². The number of carbonyl (C=O) groups is 2. The lowest BCUT2D eigenvalue weighted by atomic mass is 9.71. The lowest BCUT2D eigenvalue weighted by molar-refractivity contribution is 0.102. The third-order valence-corrected chi connectivity index (χ3v) is 7.79. The van der Waals surface area contributed by atoms with Crippen molar-refractivity contribution >= 4 is 55.4 Å². The number of halogens is 2. The predicted molar refractivity (Wildman–Crippen MR) is 150 cm³/mol. The Kier molecular flexibility index (Phi) is 8.63. The normalized spacial score (nSPS) is 17.8. The van der Waals surface area contributed by atoms with Crippen LogP contribution in [0, 0.1) is 11.3 Å². The number of amides is 3. The first-order valence-corrected chi connectivity index (χ1v) is 13.8. The molecule has 37 heavy (non-hydrogen) atoms. The number of aromatic nitrogens is 4. The number of rotatable bonds is 6. The first kappa shape index (κ1) is 27.3. The molecule has 3 amide bonds. The molecule has 196 valence electrons. The molecule has 1 saturated carbocycles. The van der Waals surface area contributed by atoms with E-state index in [-0.39, 0.29) is 29.3 Å². The monoisotopic (exact) mass is 631 g/mol. The number of nitrogens with zero attached hydrogens (tertiary/aromatic N) is 4. The van der Waals surface area contributed by atoms with Crippen molar-refractivity contribution in [1.29, 1.82) is 0 Å². The molecule has 3 aromatic rings. The molecule has 11 heteroatoms. The van der Waals surface area contributed by atoms with E-state index < -0.39 is 0 Å².